The van der Waals surface area contributed by atoms with Crippen LogP contribution in [0.1, 0.15) is 11.1 Å². The van der Waals surface area contributed by atoms with Crippen LogP contribution in [-0.4, -0.2) is 5.91 Å². The van der Waals surface area contributed by atoms with Gasteiger partial charge in [-0.05, 0) is 18.1 Å². The molecule has 1 amide bonds. The lowest BCUT2D eigenvalue weighted by atomic mass is 10.0. The summed E-state index contributed by atoms with van der Waals surface area (Å²) in [6, 6.07) is 17.9. The molecule has 18 heavy (non-hydrogen) atoms. The predicted octanol–water partition coefficient (Wildman–Crippen LogP) is 3.26. The van der Waals surface area contributed by atoms with Crippen LogP contribution in [0.5, 0.6) is 0 Å². The first-order chi connectivity index (χ1) is 8.84. The van der Waals surface area contributed by atoms with Crippen molar-refractivity contribution < 1.29 is 4.79 Å². The summed E-state index contributed by atoms with van der Waals surface area (Å²) < 4.78 is 0. The molecule has 0 aromatic heterocycles. The van der Waals surface area contributed by atoms with Gasteiger partial charge in [0.05, 0.1) is 0 Å². The average molecular weight is 235 g/mol. The predicted molar refractivity (Wildman–Crippen MR) is 73.2 cm³/mol. The van der Waals surface area contributed by atoms with Gasteiger partial charge in [0.1, 0.15) is 0 Å². The van der Waals surface area contributed by atoms with E-state index in [0.717, 1.165) is 23.2 Å². The molecule has 2 aromatic carbocycles. The van der Waals surface area contributed by atoms with Crippen molar-refractivity contribution in [2.24, 2.45) is 0 Å². The second-order valence-electron chi connectivity index (χ2n) is 4.31. The number of hydrogen-bond donors (Lipinski definition) is 1. The quantitative estimate of drug-likeness (QED) is 0.795. The number of carbonyl (C=O) groups excluding carboxylic acids is 1. The number of allylic oxidation sites excluding steroid dienone is 1. The van der Waals surface area contributed by atoms with Crippen molar-refractivity contribution in [2.45, 2.75) is 6.42 Å². The molecule has 0 unspecified atom stereocenters. The summed E-state index contributed by atoms with van der Waals surface area (Å²) in [4.78, 5) is 11.9. The van der Waals surface area contributed by atoms with Gasteiger partial charge in [0.25, 0.3) is 5.91 Å². The zero-order valence-electron chi connectivity index (χ0n) is 9.89. The maximum absolute atomic E-state index is 11.9. The smallest absolute Gasteiger partial charge is 0.256 e. The summed E-state index contributed by atoms with van der Waals surface area (Å²) in [6.07, 6.45) is 2.77. The van der Waals surface area contributed by atoms with Gasteiger partial charge in [0, 0.05) is 16.8 Å². The van der Waals surface area contributed by atoms with Gasteiger partial charge in [-0.3, -0.25) is 4.79 Å². The van der Waals surface area contributed by atoms with Crippen LogP contribution in [0.3, 0.4) is 0 Å². The summed E-state index contributed by atoms with van der Waals surface area (Å²) in [5.74, 6) is -0.00729. The third-order valence-corrected chi connectivity index (χ3v) is 3.09. The van der Waals surface area contributed by atoms with Gasteiger partial charge in [-0.2, -0.15) is 0 Å². The Morgan fingerprint density at radius 1 is 0.944 bits per heavy atom. The van der Waals surface area contributed by atoms with Crippen molar-refractivity contribution in [3.63, 3.8) is 0 Å². The second-order valence-corrected chi connectivity index (χ2v) is 4.31. The number of para-hydroxylation sites is 1. The Balaban J connectivity index is 1.91. The standard InChI is InChI=1S/C16H13NO/c18-16-14(11-10-12-6-2-1-3-7-12)13-8-4-5-9-15(13)17-16/h1-9,11H,10H2,(H,17,18)/b14-11-. The Bertz CT molecular complexity index is 614. The minimum atomic E-state index is -0.00729. The van der Waals surface area contributed by atoms with Gasteiger partial charge in [0.15, 0.2) is 0 Å². The van der Waals surface area contributed by atoms with Crippen molar-refractivity contribution in [1.82, 2.24) is 0 Å². The van der Waals surface area contributed by atoms with E-state index in [1.54, 1.807) is 0 Å². The van der Waals surface area contributed by atoms with Crippen LogP contribution >= 0.6 is 0 Å². The molecular weight excluding hydrogens is 222 g/mol. The van der Waals surface area contributed by atoms with Gasteiger partial charge < -0.3 is 5.32 Å². The van der Waals surface area contributed by atoms with Crippen molar-refractivity contribution in [1.29, 1.82) is 0 Å². The van der Waals surface area contributed by atoms with Crippen molar-refractivity contribution in [3.8, 4) is 0 Å². The molecule has 0 saturated heterocycles. The molecule has 0 aliphatic carbocycles. The van der Waals surface area contributed by atoms with E-state index < -0.39 is 0 Å². The number of rotatable bonds is 2. The third kappa shape index (κ3) is 1.93. The first kappa shape index (κ1) is 10.8. The van der Waals surface area contributed by atoms with Gasteiger partial charge in [0.2, 0.25) is 0 Å². The number of carbonyl (C=O) groups is 1. The normalized spacial score (nSPS) is 15.6. The zero-order valence-corrected chi connectivity index (χ0v) is 9.89. The molecule has 2 aromatic rings. The average Bonchev–Trinajstić information content (AvgIpc) is 2.73. The fourth-order valence-electron chi connectivity index (χ4n) is 2.18. The van der Waals surface area contributed by atoms with E-state index >= 15 is 0 Å². The van der Waals surface area contributed by atoms with Crippen LogP contribution in [0.25, 0.3) is 5.57 Å². The zero-order chi connectivity index (χ0) is 12.4. The van der Waals surface area contributed by atoms with Crippen LogP contribution in [0.4, 0.5) is 5.69 Å². The number of hydrogen-bond acceptors (Lipinski definition) is 1. The molecule has 2 heteroatoms. The number of nitrogens with one attached hydrogen (secondary N) is 1. The summed E-state index contributed by atoms with van der Waals surface area (Å²) in [5, 5.41) is 2.88. The molecule has 0 fully saturated rings. The van der Waals surface area contributed by atoms with Crippen LogP contribution in [0.2, 0.25) is 0 Å². The highest BCUT2D eigenvalue weighted by Gasteiger charge is 2.22. The van der Waals surface area contributed by atoms with Crippen LogP contribution in [0.15, 0.2) is 60.7 Å². The largest absolute Gasteiger partial charge is 0.321 e. The molecule has 1 aliphatic rings. The SMILES string of the molecule is O=C1Nc2ccccc2/C1=C/Cc1ccccc1. The maximum atomic E-state index is 11.9. The van der Waals surface area contributed by atoms with E-state index in [-0.39, 0.29) is 5.91 Å². The highest BCUT2D eigenvalue weighted by atomic mass is 16.1. The topological polar surface area (TPSA) is 29.1 Å². The maximum Gasteiger partial charge on any atom is 0.256 e. The van der Waals surface area contributed by atoms with E-state index in [1.165, 1.54) is 5.56 Å². The lowest BCUT2D eigenvalue weighted by Crippen LogP contribution is -2.03. The van der Waals surface area contributed by atoms with E-state index in [1.807, 2.05) is 48.5 Å². The minimum absolute atomic E-state index is 0.00729. The minimum Gasteiger partial charge on any atom is -0.321 e. The summed E-state index contributed by atoms with van der Waals surface area (Å²) in [5.41, 5.74) is 3.89. The molecule has 88 valence electrons. The van der Waals surface area contributed by atoms with Crippen molar-refractivity contribution >= 4 is 17.2 Å². The molecule has 2 nitrogen and oxygen atoms in total. The first-order valence-corrected chi connectivity index (χ1v) is 5.99. The van der Waals surface area contributed by atoms with Crippen LogP contribution < -0.4 is 5.32 Å². The Labute approximate surface area is 106 Å². The third-order valence-electron chi connectivity index (χ3n) is 3.09. The van der Waals surface area contributed by atoms with E-state index in [9.17, 15) is 4.79 Å². The number of anilines is 1. The fraction of sp³-hybridized carbons (Fsp3) is 0.0625. The summed E-state index contributed by atoms with van der Waals surface area (Å²) in [7, 11) is 0. The fourth-order valence-corrected chi connectivity index (χ4v) is 2.18. The molecule has 1 N–H and O–H groups in total. The Kier molecular flexibility index (Phi) is 2.69. The second kappa shape index (κ2) is 4.49. The van der Waals surface area contributed by atoms with Gasteiger partial charge in [-0.1, -0.05) is 54.6 Å². The van der Waals surface area contributed by atoms with Crippen molar-refractivity contribution in [2.75, 3.05) is 5.32 Å². The van der Waals surface area contributed by atoms with Crippen molar-refractivity contribution in [3.05, 3.63) is 71.8 Å². The Hall–Kier alpha value is -2.35. The highest BCUT2D eigenvalue weighted by molar-refractivity contribution is 6.31. The number of amides is 1. The molecular formula is C16H13NO. The number of benzene rings is 2. The summed E-state index contributed by atoms with van der Waals surface area (Å²) in [6.45, 7) is 0. The van der Waals surface area contributed by atoms with Gasteiger partial charge >= 0.3 is 0 Å². The Morgan fingerprint density at radius 3 is 2.50 bits per heavy atom. The molecule has 0 radical (unpaired) electrons. The molecule has 1 heterocycles. The molecule has 0 spiro atoms. The van der Waals surface area contributed by atoms with E-state index in [4.69, 9.17) is 0 Å². The highest BCUT2D eigenvalue weighted by Crippen LogP contribution is 2.31. The molecule has 1 aliphatic heterocycles. The van der Waals surface area contributed by atoms with E-state index in [0.29, 0.717) is 0 Å². The van der Waals surface area contributed by atoms with Gasteiger partial charge in [-0.25, -0.2) is 0 Å². The lowest BCUT2D eigenvalue weighted by Gasteiger charge is -1.98. The lowest BCUT2D eigenvalue weighted by molar-refractivity contribution is -0.110. The molecule has 3 rings (SSSR count). The number of fused-ring (bicyclic) bond motifs is 1. The van der Waals surface area contributed by atoms with Crippen LogP contribution in [-0.2, 0) is 11.2 Å². The Morgan fingerprint density at radius 2 is 1.67 bits per heavy atom. The first-order valence-electron chi connectivity index (χ1n) is 5.99. The van der Waals surface area contributed by atoms with Crippen LogP contribution in [0, 0.1) is 0 Å². The monoisotopic (exact) mass is 235 g/mol. The van der Waals surface area contributed by atoms with E-state index in [2.05, 4.69) is 17.4 Å². The van der Waals surface area contributed by atoms with Gasteiger partial charge in [-0.15, -0.1) is 0 Å². The molecule has 0 saturated carbocycles. The summed E-state index contributed by atoms with van der Waals surface area (Å²) >= 11 is 0. The molecule has 0 atom stereocenters. The molecule has 0 bridgehead atoms.